The van der Waals surface area contributed by atoms with Crippen LogP contribution in [-0.2, 0) is 0 Å². The highest BCUT2D eigenvalue weighted by Gasteiger charge is 2.16. The van der Waals surface area contributed by atoms with Gasteiger partial charge in [0.15, 0.2) is 11.6 Å². The number of hydrogen-bond acceptors (Lipinski definition) is 4. The molecule has 0 atom stereocenters. The quantitative estimate of drug-likeness (QED) is 0.888. The Kier molecular flexibility index (Phi) is 3.56. The van der Waals surface area contributed by atoms with Gasteiger partial charge in [0.2, 0.25) is 0 Å². The van der Waals surface area contributed by atoms with Crippen molar-refractivity contribution in [1.82, 2.24) is 9.97 Å². The lowest BCUT2D eigenvalue weighted by Crippen LogP contribution is -2.09. The van der Waals surface area contributed by atoms with Gasteiger partial charge in [-0.1, -0.05) is 0 Å². The van der Waals surface area contributed by atoms with Crippen LogP contribution in [-0.4, -0.2) is 28.3 Å². The normalized spacial score (nSPS) is 10.0. The maximum absolute atomic E-state index is 13.5. The van der Waals surface area contributed by atoms with Crippen LogP contribution < -0.4 is 10.1 Å². The molecule has 0 saturated carbocycles. The molecule has 0 saturated heterocycles. The largest absolute Gasteiger partial charge is 0.494 e. The topological polar surface area (TPSA) is 84.3 Å². The second kappa shape index (κ2) is 5.30. The lowest BCUT2D eigenvalue weighted by molar-refractivity contribution is 0.209. The number of rotatable bonds is 3. The number of methoxy groups -OCH3 is 1. The SMILES string of the molecule is COc1c(NC(=O)O)cc(F)cc1-c1ncccn1. The first kappa shape index (κ1) is 12.7. The van der Waals surface area contributed by atoms with Crippen LogP contribution in [0.1, 0.15) is 0 Å². The fourth-order valence-electron chi connectivity index (χ4n) is 1.63. The molecule has 98 valence electrons. The second-order valence-corrected chi connectivity index (χ2v) is 3.54. The molecule has 2 aromatic rings. The monoisotopic (exact) mass is 263 g/mol. The number of amides is 1. The predicted octanol–water partition coefficient (Wildman–Crippen LogP) is 2.38. The maximum atomic E-state index is 13.5. The number of carbonyl (C=O) groups is 1. The summed E-state index contributed by atoms with van der Waals surface area (Å²) in [6, 6.07) is 3.83. The average molecular weight is 263 g/mol. The minimum absolute atomic E-state index is 0.00236. The lowest BCUT2D eigenvalue weighted by Gasteiger charge is -2.12. The van der Waals surface area contributed by atoms with E-state index in [0.717, 1.165) is 6.07 Å². The van der Waals surface area contributed by atoms with Crippen LogP contribution in [0.25, 0.3) is 11.4 Å². The van der Waals surface area contributed by atoms with Gasteiger partial charge in [0, 0.05) is 18.5 Å². The lowest BCUT2D eigenvalue weighted by atomic mass is 10.1. The summed E-state index contributed by atoms with van der Waals surface area (Å²) >= 11 is 0. The maximum Gasteiger partial charge on any atom is 0.409 e. The minimum atomic E-state index is -1.32. The van der Waals surface area contributed by atoms with Crippen LogP contribution in [0.2, 0.25) is 0 Å². The number of aromatic nitrogens is 2. The van der Waals surface area contributed by atoms with Crippen LogP contribution in [0, 0.1) is 5.82 Å². The van der Waals surface area contributed by atoms with Gasteiger partial charge in [-0.05, 0) is 12.1 Å². The number of halogens is 1. The van der Waals surface area contributed by atoms with Crippen molar-refractivity contribution in [2.75, 3.05) is 12.4 Å². The molecular weight excluding hydrogens is 253 g/mol. The highest BCUT2D eigenvalue weighted by molar-refractivity contribution is 5.88. The molecule has 0 aliphatic rings. The molecule has 0 radical (unpaired) electrons. The molecule has 0 fully saturated rings. The zero-order chi connectivity index (χ0) is 13.8. The fraction of sp³-hybridized carbons (Fsp3) is 0.0833. The molecule has 0 aliphatic heterocycles. The molecule has 2 rings (SSSR count). The molecule has 0 unspecified atom stereocenters. The van der Waals surface area contributed by atoms with E-state index in [0.29, 0.717) is 0 Å². The summed E-state index contributed by atoms with van der Waals surface area (Å²) in [5, 5.41) is 10.8. The van der Waals surface area contributed by atoms with Crippen molar-refractivity contribution in [3.05, 3.63) is 36.4 Å². The third kappa shape index (κ3) is 2.76. The Bertz CT molecular complexity index is 605. The summed E-state index contributed by atoms with van der Waals surface area (Å²) in [6.07, 6.45) is 1.68. The first-order valence-electron chi connectivity index (χ1n) is 5.26. The molecule has 0 bridgehead atoms. The third-order valence-electron chi connectivity index (χ3n) is 2.31. The molecule has 19 heavy (non-hydrogen) atoms. The van der Waals surface area contributed by atoms with Gasteiger partial charge in [0.1, 0.15) is 5.82 Å². The summed E-state index contributed by atoms with van der Waals surface area (Å²) in [5.74, 6) is -0.214. The number of nitrogens with one attached hydrogen (secondary N) is 1. The van der Waals surface area contributed by atoms with Crippen molar-refractivity contribution < 1.29 is 19.0 Å². The Balaban J connectivity index is 2.60. The first-order chi connectivity index (χ1) is 9.11. The van der Waals surface area contributed by atoms with Crippen LogP contribution in [0.3, 0.4) is 0 Å². The second-order valence-electron chi connectivity index (χ2n) is 3.54. The Morgan fingerprint density at radius 1 is 1.37 bits per heavy atom. The number of carboxylic acid groups (broad SMARTS) is 1. The van der Waals surface area contributed by atoms with E-state index in [1.807, 2.05) is 0 Å². The highest BCUT2D eigenvalue weighted by Crippen LogP contribution is 2.35. The van der Waals surface area contributed by atoms with Gasteiger partial charge < -0.3 is 9.84 Å². The highest BCUT2D eigenvalue weighted by atomic mass is 19.1. The van der Waals surface area contributed by atoms with E-state index in [2.05, 4.69) is 15.3 Å². The van der Waals surface area contributed by atoms with E-state index in [1.165, 1.54) is 25.6 Å². The molecule has 1 aromatic heterocycles. The van der Waals surface area contributed by atoms with Crippen molar-refractivity contribution in [2.24, 2.45) is 0 Å². The van der Waals surface area contributed by atoms with E-state index < -0.39 is 11.9 Å². The first-order valence-corrected chi connectivity index (χ1v) is 5.26. The summed E-state index contributed by atoms with van der Waals surface area (Å²) in [4.78, 5) is 18.6. The van der Waals surface area contributed by atoms with E-state index in [9.17, 15) is 9.18 Å². The molecule has 0 spiro atoms. The summed E-state index contributed by atoms with van der Waals surface area (Å²) in [5.41, 5.74) is 0.268. The number of anilines is 1. The van der Waals surface area contributed by atoms with Crippen molar-refractivity contribution in [3.63, 3.8) is 0 Å². The number of hydrogen-bond donors (Lipinski definition) is 2. The van der Waals surface area contributed by atoms with Crippen LogP contribution >= 0.6 is 0 Å². The van der Waals surface area contributed by atoms with E-state index >= 15 is 0 Å². The summed E-state index contributed by atoms with van der Waals surface area (Å²) in [6.45, 7) is 0. The molecule has 1 aromatic carbocycles. The average Bonchev–Trinajstić information content (AvgIpc) is 2.38. The Labute approximate surface area is 107 Å². The van der Waals surface area contributed by atoms with E-state index in [1.54, 1.807) is 6.07 Å². The van der Waals surface area contributed by atoms with Crippen molar-refractivity contribution in [2.45, 2.75) is 0 Å². The number of nitrogens with zero attached hydrogens (tertiary/aromatic N) is 2. The molecule has 1 amide bonds. The molecule has 0 aliphatic carbocycles. The fourth-order valence-corrected chi connectivity index (χ4v) is 1.63. The van der Waals surface area contributed by atoms with Crippen molar-refractivity contribution >= 4 is 11.8 Å². The van der Waals surface area contributed by atoms with Gasteiger partial charge in [0.05, 0.1) is 18.4 Å². The summed E-state index contributed by atoms with van der Waals surface area (Å²) < 4.78 is 18.7. The van der Waals surface area contributed by atoms with Crippen LogP contribution in [0.5, 0.6) is 5.75 Å². The van der Waals surface area contributed by atoms with Crippen molar-refractivity contribution in [1.29, 1.82) is 0 Å². The number of benzene rings is 1. The van der Waals surface area contributed by atoms with Gasteiger partial charge in [0.25, 0.3) is 0 Å². The molecular formula is C12H10FN3O3. The molecule has 2 N–H and O–H groups in total. The smallest absolute Gasteiger partial charge is 0.409 e. The van der Waals surface area contributed by atoms with Gasteiger partial charge in [-0.3, -0.25) is 5.32 Å². The predicted molar refractivity (Wildman–Crippen MR) is 65.6 cm³/mol. The van der Waals surface area contributed by atoms with E-state index in [4.69, 9.17) is 9.84 Å². The Morgan fingerprint density at radius 3 is 2.63 bits per heavy atom. The molecule has 6 nitrogen and oxygen atoms in total. The third-order valence-corrected chi connectivity index (χ3v) is 2.31. The van der Waals surface area contributed by atoms with E-state index in [-0.39, 0.29) is 22.8 Å². The molecule has 1 heterocycles. The van der Waals surface area contributed by atoms with Crippen LogP contribution in [0.15, 0.2) is 30.6 Å². The van der Waals surface area contributed by atoms with Crippen LogP contribution in [0.4, 0.5) is 14.9 Å². The van der Waals surface area contributed by atoms with Gasteiger partial charge in [-0.25, -0.2) is 19.2 Å². The minimum Gasteiger partial charge on any atom is -0.494 e. The van der Waals surface area contributed by atoms with Gasteiger partial charge in [-0.15, -0.1) is 0 Å². The molecule has 7 heteroatoms. The van der Waals surface area contributed by atoms with Gasteiger partial charge >= 0.3 is 6.09 Å². The number of ether oxygens (including phenoxy) is 1. The standard InChI is InChI=1S/C12H10FN3O3/c1-19-10-8(11-14-3-2-4-15-11)5-7(13)6-9(10)16-12(17)18/h2-6,16H,1H3,(H,17,18). The zero-order valence-corrected chi connectivity index (χ0v) is 9.92. The van der Waals surface area contributed by atoms with Crippen molar-refractivity contribution in [3.8, 4) is 17.1 Å². The van der Waals surface area contributed by atoms with Gasteiger partial charge in [-0.2, -0.15) is 0 Å². The Morgan fingerprint density at radius 2 is 2.05 bits per heavy atom. The zero-order valence-electron chi connectivity index (χ0n) is 9.92. The Hall–Kier alpha value is -2.70. The summed E-state index contributed by atoms with van der Waals surface area (Å²) in [7, 11) is 1.35.